The normalized spacial score (nSPS) is 21.4. The molecule has 2 saturated heterocycles. The van der Waals surface area contributed by atoms with Crippen LogP contribution in [0.3, 0.4) is 0 Å². The number of nitrogens with zero attached hydrogens (tertiary/aromatic N) is 1. The zero-order valence-electron chi connectivity index (χ0n) is 13.3. The molecule has 1 aromatic rings. The van der Waals surface area contributed by atoms with Crippen LogP contribution in [0.2, 0.25) is 0 Å². The van der Waals surface area contributed by atoms with Crippen molar-refractivity contribution in [1.82, 2.24) is 10.2 Å². The van der Waals surface area contributed by atoms with Crippen LogP contribution in [0.15, 0.2) is 24.3 Å². The molecule has 2 heterocycles. The van der Waals surface area contributed by atoms with Crippen molar-refractivity contribution in [2.75, 3.05) is 39.4 Å². The third-order valence-corrected chi connectivity index (χ3v) is 4.19. The first-order valence-corrected chi connectivity index (χ1v) is 8.17. The minimum absolute atomic E-state index is 0. The first kappa shape index (κ1) is 18.0. The topological polar surface area (TPSA) is 50.8 Å². The Bertz CT molecular complexity index is 481. The Morgan fingerprint density at radius 2 is 2.04 bits per heavy atom. The van der Waals surface area contributed by atoms with Gasteiger partial charge in [0, 0.05) is 31.8 Å². The average molecular weight is 341 g/mol. The Balaban J connectivity index is 0.00000192. The van der Waals surface area contributed by atoms with Crippen LogP contribution in [0.4, 0.5) is 0 Å². The van der Waals surface area contributed by atoms with E-state index in [0.717, 1.165) is 63.4 Å². The lowest BCUT2D eigenvalue weighted by Gasteiger charge is -2.20. The van der Waals surface area contributed by atoms with Crippen LogP contribution in [-0.2, 0) is 4.74 Å². The van der Waals surface area contributed by atoms with Crippen molar-refractivity contribution < 1.29 is 14.3 Å². The standard InChI is InChI=1S/C17H24N2O3.ClH/c20-17(19-10-2-8-18-9-11-19)14-4-6-15(7-5-14)22-13-16-3-1-12-21-16;/h4-7,16,18H,1-3,8-13H2;1H. The summed E-state index contributed by atoms with van der Waals surface area (Å²) >= 11 is 0. The minimum Gasteiger partial charge on any atom is -0.491 e. The van der Waals surface area contributed by atoms with Crippen molar-refractivity contribution in [2.45, 2.75) is 25.4 Å². The summed E-state index contributed by atoms with van der Waals surface area (Å²) in [6.07, 6.45) is 3.41. The van der Waals surface area contributed by atoms with Crippen molar-refractivity contribution in [3.8, 4) is 5.75 Å². The van der Waals surface area contributed by atoms with Gasteiger partial charge < -0.3 is 19.7 Å². The Hall–Kier alpha value is -1.30. The molecule has 1 amide bonds. The van der Waals surface area contributed by atoms with E-state index < -0.39 is 0 Å². The second kappa shape index (κ2) is 9.11. The number of hydrogen-bond donors (Lipinski definition) is 1. The second-order valence-corrected chi connectivity index (χ2v) is 5.87. The van der Waals surface area contributed by atoms with Crippen molar-refractivity contribution in [3.63, 3.8) is 0 Å². The monoisotopic (exact) mass is 340 g/mol. The predicted molar refractivity (Wildman–Crippen MR) is 91.5 cm³/mol. The summed E-state index contributed by atoms with van der Waals surface area (Å²) in [5, 5.41) is 3.31. The van der Waals surface area contributed by atoms with Gasteiger partial charge in [0.25, 0.3) is 5.91 Å². The minimum atomic E-state index is 0. The second-order valence-electron chi connectivity index (χ2n) is 5.87. The molecule has 1 unspecified atom stereocenters. The summed E-state index contributed by atoms with van der Waals surface area (Å²) in [5.41, 5.74) is 0.728. The molecule has 0 aromatic heterocycles. The average Bonchev–Trinajstić information content (AvgIpc) is 2.93. The van der Waals surface area contributed by atoms with Crippen LogP contribution in [0.5, 0.6) is 5.75 Å². The Kier molecular flexibility index (Phi) is 7.15. The number of benzene rings is 1. The smallest absolute Gasteiger partial charge is 0.253 e. The Labute approximate surface area is 143 Å². The molecule has 0 spiro atoms. The molecule has 2 fully saturated rings. The SMILES string of the molecule is Cl.O=C(c1ccc(OCC2CCCO2)cc1)N1CCCNCC1. The highest BCUT2D eigenvalue weighted by atomic mass is 35.5. The van der Waals surface area contributed by atoms with Crippen molar-refractivity contribution in [2.24, 2.45) is 0 Å². The third-order valence-electron chi connectivity index (χ3n) is 4.19. The molecule has 0 saturated carbocycles. The quantitative estimate of drug-likeness (QED) is 0.912. The van der Waals surface area contributed by atoms with E-state index in [4.69, 9.17) is 9.47 Å². The first-order chi connectivity index (χ1) is 10.8. The zero-order valence-corrected chi connectivity index (χ0v) is 14.1. The van der Waals surface area contributed by atoms with Crippen molar-refractivity contribution >= 4 is 18.3 Å². The van der Waals surface area contributed by atoms with Gasteiger partial charge in [0.1, 0.15) is 12.4 Å². The summed E-state index contributed by atoms with van der Waals surface area (Å²) in [5.74, 6) is 0.902. The van der Waals surface area contributed by atoms with Gasteiger partial charge >= 0.3 is 0 Å². The maximum Gasteiger partial charge on any atom is 0.253 e. The molecule has 1 N–H and O–H groups in total. The number of carbonyl (C=O) groups excluding carboxylic acids is 1. The number of rotatable bonds is 4. The molecule has 23 heavy (non-hydrogen) atoms. The number of carbonyl (C=O) groups is 1. The fourth-order valence-corrected chi connectivity index (χ4v) is 2.89. The molecule has 0 aliphatic carbocycles. The van der Waals surface area contributed by atoms with Crippen LogP contribution < -0.4 is 10.1 Å². The van der Waals surface area contributed by atoms with Crippen LogP contribution in [0.1, 0.15) is 29.6 Å². The molecule has 5 nitrogen and oxygen atoms in total. The van der Waals surface area contributed by atoms with Crippen molar-refractivity contribution in [3.05, 3.63) is 29.8 Å². The Morgan fingerprint density at radius 1 is 1.22 bits per heavy atom. The van der Waals surface area contributed by atoms with Crippen LogP contribution in [0, 0.1) is 0 Å². The summed E-state index contributed by atoms with van der Waals surface area (Å²) in [6.45, 7) is 4.88. The van der Waals surface area contributed by atoms with E-state index in [1.165, 1.54) is 0 Å². The van der Waals surface area contributed by atoms with Gasteiger partial charge in [-0.1, -0.05) is 0 Å². The molecule has 0 bridgehead atoms. The number of ether oxygens (including phenoxy) is 2. The molecule has 3 rings (SSSR count). The first-order valence-electron chi connectivity index (χ1n) is 8.17. The molecule has 2 aliphatic heterocycles. The Morgan fingerprint density at radius 3 is 2.78 bits per heavy atom. The van der Waals surface area contributed by atoms with Gasteiger partial charge in [-0.2, -0.15) is 0 Å². The van der Waals surface area contributed by atoms with Crippen LogP contribution in [-0.4, -0.2) is 56.3 Å². The number of nitrogens with one attached hydrogen (secondary N) is 1. The fourth-order valence-electron chi connectivity index (χ4n) is 2.89. The van der Waals surface area contributed by atoms with Crippen molar-refractivity contribution in [1.29, 1.82) is 0 Å². The van der Waals surface area contributed by atoms with E-state index in [1.807, 2.05) is 29.2 Å². The van der Waals surface area contributed by atoms with E-state index >= 15 is 0 Å². The number of hydrogen-bond acceptors (Lipinski definition) is 4. The maximum absolute atomic E-state index is 12.5. The van der Waals surface area contributed by atoms with E-state index in [-0.39, 0.29) is 24.4 Å². The van der Waals surface area contributed by atoms with E-state index in [9.17, 15) is 4.79 Å². The van der Waals surface area contributed by atoms with E-state index in [0.29, 0.717) is 6.61 Å². The number of amides is 1. The molecule has 128 valence electrons. The van der Waals surface area contributed by atoms with Crippen LogP contribution >= 0.6 is 12.4 Å². The van der Waals surface area contributed by atoms with Gasteiger partial charge in [-0.3, -0.25) is 4.79 Å². The lowest BCUT2D eigenvalue weighted by Crippen LogP contribution is -2.34. The predicted octanol–water partition coefficient (Wildman–Crippen LogP) is 2.10. The van der Waals surface area contributed by atoms with Gasteiger partial charge in [-0.05, 0) is 50.1 Å². The van der Waals surface area contributed by atoms with Gasteiger partial charge in [0.05, 0.1) is 6.10 Å². The highest BCUT2D eigenvalue weighted by Crippen LogP contribution is 2.17. The van der Waals surface area contributed by atoms with Gasteiger partial charge in [-0.25, -0.2) is 0 Å². The van der Waals surface area contributed by atoms with E-state index in [1.54, 1.807) is 0 Å². The fraction of sp³-hybridized carbons (Fsp3) is 0.588. The molecule has 1 atom stereocenters. The summed E-state index contributed by atoms with van der Waals surface area (Å²) in [7, 11) is 0. The van der Waals surface area contributed by atoms with E-state index in [2.05, 4.69) is 5.32 Å². The molecule has 0 radical (unpaired) electrons. The van der Waals surface area contributed by atoms with Crippen LogP contribution in [0.25, 0.3) is 0 Å². The van der Waals surface area contributed by atoms with Gasteiger partial charge in [0.2, 0.25) is 0 Å². The number of halogens is 1. The highest BCUT2D eigenvalue weighted by Gasteiger charge is 2.18. The zero-order chi connectivity index (χ0) is 15.2. The lowest BCUT2D eigenvalue weighted by atomic mass is 10.2. The summed E-state index contributed by atoms with van der Waals surface area (Å²) in [6, 6.07) is 7.45. The summed E-state index contributed by atoms with van der Waals surface area (Å²) < 4.78 is 11.3. The highest BCUT2D eigenvalue weighted by molar-refractivity contribution is 5.94. The molecule has 2 aliphatic rings. The third kappa shape index (κ3) is 5.09. The van der Waals surface area contributed by atoms with Gasteiger partial charge in [-0.15, -0.1) is 12.4 Å². The largest absolute Gasteiger partial charge is 0.491 e. The lowest BCUT2D eigenvalue weighted by molar-refractivity contribution is 0.0678. The summed E-state index contributed by atoms with van der Waals surface area (Å²) in [4.78, 5) is 14.4. The maximum atomic E-state index is 12.5. The molecule has 1 aromatic carbocycles. The van der Waals surface area contributed by atoms with Gasteiger partial charge in [0.15, 0.2) is 0 Å². The molecular weight excluding hydrogens is 316 g/mol. The molecule has 6 heteroatoms. The molecular formula is C17H25ClN2O3.